The Kier molecular flexibility index (Phi) is 4.11. The molecule has 1 aromatic rings. The summed E-state index contributed by atoms with van der Waals surface area (Å²) in [6.45, 7) is 2.18. The number of hydrogen-bond acceptors (Lipinski definition) is 3. The van der Waals surface area contributed by atoms with Gasteiger partial charge in [0.25, 0.3) is 0 Å². The van der Waals surface area contributed by atoms with Crippen LogP contribution in [-0.4, -0.2) is 17.4 Å². The Labute approximate surface area is 126 Å². The highest BCUT2D eigenvalue weighted by Gasteiger charge is 2.33. The number of rotatable bonds is 4. The molecule has 0 spiro atoms. The van der Waals surface area contributed by atoms with Crippen molar-refractivity contribution in [3.8, 4) is 0 Å². The van der Waals surface area contributed by atoms with Gasteiger partial charge in [0, 0.05) is 17.5 Å². The minimum absolute atomic E-state index is 0.00206. The number of dihydropyridines is 1. The van der Waals surface area contributed by atoms with Gasteiger partial charge in [-0.25, -0.2) is 0 Å². The number of nitrogens with one attached hydrogen (secondary N) is 1. The second-order valence-electron chi connectivity index (χ2n) is 5.55. The van der Waals surface area contributed by atoms with E-state index in [9.17, 15) is 5.11 Å². The van der Waals surface area contributed by atoms with Gasteiger partial charge in [-0.2, -0.15) is 0 Å². The zero-order valence-corrected chi connectivity index (χ0v) is 12.4. The fourth-order valence-electron chi connectivity index (χ4n) is 2.92. The van der Waals surface area contributed by atoms with E-state index in [4.69, 9.17) is 0 Å². The maximum Gasteiger partial charge on any atom is 0.128 e. The third-order valence-corrected chi connectivity index (χ3v) is 4.08. The Morgan fingerprint density at radius 3 is 2.81 bits per heavy atom. The van der Waals surface area contributed by atoms with Crippen LogP contribution in [0.2, 0.25) is 0 Å². The molecule has 2 unspecified atom stereocenters. The smallest absolute Gasteiger partial charge is 0.128 e. The number of para-hydroxylation sites is 1. The topological polar surface area (TPSA) is 35.5 Å². The lowest BCUT2D eigenvalue weighted by atomic mass is 9.90. The van der Waals surface area contributed by atoms with Gasteiger partial charge in [0.15, 0.2) is 0 Å². The number of aliphatic hydroxyl groups is 1. The molecule has 3 rings (SSSR count). The molecular formula is C18H22N2O. The van der Waals surface area contributed by atoms with E-state index in [0.717, 1.165) is 36.1 Å². The summed E-state index contributed by atoms with van der Waals surface area (Å²) >= 11 is 0. The zero-order chi connectivity index (χ0) is 14.7. The monoisotopic (exact) mass is 282 g/mol. The first-order chi connectivity index (χ1) is 10.3. The molecule has 2 N–H and O–H groups in total. The Balaban J connectivity index is 1.98. The molecule has 0 bridgehead atoms. The summed E-state index contributed by atoms with van der Waals surface area (Å²) in [6.07, 6.45) is 10.7. The molecule has 110 valence electrons. The molecule has 0 aliphatic carbocycles. The number of allylic oxidation sites excluding steroid dienone is 2. The Bertz CT molecular complexity index is 574. The molecule has 0 saturated carbocycles. The number of nitrogens with zero attached hydrogens (tertiary/aromatic N) is 1. The lowest BCUT2D eigenvalue weighted by molar-refractivity contribution is 0.224. The van der Waals surface area contributed by atoms with Gasteiger partial charge < -0.3 is 15.3 Å². The van der Waals surface area contributed by atoms with E-state index in [0.29, 0.717) is 0 Å². The van der Waals surface area contributed by atoms with E-state index >= 15 is 0 Å². The molecule has 0 saturated heterocycles. The number of benzene rings is 1. The van der Waals surface area contributed by atoms with Crippen molar-refractivity contribution in [1.82, 2.24) is 5.32 Å². The van der Waals surface area contributed by atoms with Crippen molar-refractivity contribution >= 4 is 5.69 Å². The van der Waals surface area contributed by atoms with E-state index in [1.54, 1.807) is 0 Å². The van der Waals surface area contributed by atoms with E-state index in [-0.39, 0.29) is 6.17 Å². The van der Waals surface area contributed by atoms with Gasteiger partial charge in [0.1, 0.15) is 12.3 Å². The molecule has 3 heteroatoms. The highest BCUT2D eigenvalue weighted by Crippen LogP contribution is 2.32. The average molecular weight is 282 g/mol. The SMILES string of the molecule is CCCCC1=CN(c2ccccc2)C2NC=CC=C2C1O. The lowest BCUT2D eigenvalue weighted by Gasteiger charge is -2.41. The van der Waals surface area contributed by atoms with Gasteiger partial charge in [-0.15, -0.1) is 0 Å². The molecule has 3 nitrogen and oxygen atoms in total. The van der Waals surface area contributed by atoms with Crippen molar-refractivity contribution < 1.29 is 5.11 Å². The van der Waals surface area contributed by atoms with Gasteiger partial charge in [0.2, 0.25) is 0 Å². The van der Waals surface area contributed by atoms with Crippen LogP contribution in [0.5, 0.6) is 0 Å². The second kappa shape index (κ2) is 6.19. The summed E-state index contributed by atoms with van der Waals surface area (Å²) in [5.41, 5.74) is 3.26. The molecule has 2 aliphatic rings. The van der Waals surface area contributed by atoms with Gasteiger partial charge in [-0.3, -0.25) is 0 Å². The summed E-state index contributed by atoms with van der Waals surface area (Å²) in [5.74, 6) is 0. The first-order valence-corrected chi connectivity index (χ1v) is 7.66. The molecule has 0 radical (unpaired) electrons. The van der Waals surface area contributed by atoms with Gasteiger partial charge >= 0.3 is 0 Å². The fraction of sp³-hybridized carbons (Fsp3) is 0.333. The molecular weight excluding hydrogens is 260 g/mol. The van der Waals surface area contributed by atoms with Crippen LogP contribution in [0.4, 0.5) is 5.69 Å². The third-order valence-electron chi connectivity index (χ3n) is 4.08. The van der Waals surface area contributed by atoms with E-state index in [1.165, 1.54) is 0 Å². The van der Waals surface area contributed by atoms with Crippen molar-refractivity contribution in [1.29, 1.82) is 0 Å². The molecule has 2 heterocycles. The predicted octanol–water partition coefficient (Wildman–Crippen LogP) is 3.31. The minimum Gasteiger partial charge on any atom is -0.384 e. The quantitative estimate of drug-likeness (QED) is 0.889. The van der Waals surface area contributed by atoms with Crippen LogP contribution in [0.1, 0.15) is 26.2 Å². The van der Waals surface area contributed by atoms with Crippen LogP contribution in [0.25, 0.3) is 0 Å². The van der Waals surface area contributed by atoms with Gasteiger partial charge in [-0.1, -0.05) is 37.6 Å². The van der Waals surface area contributed by atoms with Crippen molar-refractivity contribution in [3.05, 3.63) is 66.0 Å². The van der Waals surface area contributed by atoms with Crippen molar-refractivity contribution in [2.75, 3.05) is 4.90 Å². The molecule has 0 amide bonds. The minimum atomic E-state index is -0.473. The maximum atomic E-state index is 10.6. The number of fused-ring (bicyclic) bond motifs is 1. The van der Waals surface area contributed by atoms with Crippen LogP contribution in [-0.2, 0) is 0 Å². The van der Waals surface area contributed by atoms with Crippen molar-refractivity contribution in [2.45, 2.75) is 38.5 Å². The number of hydrogen-bond donors (Lipinski definition) is 2. The summed E-state index contributed by atoms with van der Waals surface area (Å²) in [4.78, 5) is 2.22. The predicted molar refractivity (Wildman–Crippen MR) is 86.7 cm³/mol. The Hall–Kier alpha value is -2.00. The molecule has 0 aromatic heterocycles. The third kappa shape index (κ3) is 2.74. The van der Waals surface area contributed by atoms with Crippen LogP contribution >= 0.6 is 0 Å². The highest BCUT2D eigenvalue weighted by molar-refractivity contribution is 5.57. The number of unbranched alkanes of at least 4 members (excludes halogenated alkanes) is 1. The van der Waals surface area contributed by atoms with Gasteiger partial charge in [-0.05, 0) is 42.8 Å². The van der Waals surface area contributed by atoms with Crippen LogP contribution in [0, 0.1) is 0 Å². The Morgan fingerprint density at radius 1 is 1.24 bits per heavy atom. The van der Waals surface area contributed by atoms with Gasteiger partial charge in [0.05, 0.1) is 0 Å². The molecule has 0 fully saturated rings. The highest BCUT2D eigenvalue weighted by atomic mass is 16.3. The molecule has 2 aliphatic heterocycles. The van der Waals surface area contributed by atoms with E-state index < -0.39 is 6.10 Å². The molecule has 1 aromatic carbocycles. The second-order valence-corrected chi connectivity index (χ2v) is 5.55. The van der Waals surface area contributed by atoms with E-state index in [1.807, 2.05) is 36.6 Å². The summed E-state index contributed by atoms with van der Waals surface area (Å²) < 4.78 is 0. The summed E-state index contributed by atoms with van der Waals surface area (Å²) in [7, 11) is 0. The largest absolute Gasteiger partial charge is 0.384 e. The first kappa shape index (κ1) is 14.0. The van der Waals surface area contributed by atoms with Crippen LogP contribution < -0.4 is 10.2 Å². The van der Waals surface area contributed by atoms with Crippen molar-refractivity contribution in [2.24, 2.45) is 0 Å². The lowest BCUT2D eigenvalue weighted by Crippen LogP contribution is -2.49. The fourth-order valence-corrected chi connectivity index (χ4v) is 2.92. The first-order valence-electron chi connectivity index (χ1n) is 7.66. The normalized spacial score (nSPS) is 24.0. The maximum absolute atomic E-state index is 10.6. The van der Waals surface area contributed by atoms with Crippen LogP contribution in [0.15, 0.2) is 66.0 Å². The summed E-state index contributed by atoms with van der Waals surface area (Å²) in [6, 6.07) is 10.3. The average Bonchev–Trinajstić information content (AvgIpc) is 2.55. The Morgan fingerprint density at radius 2 is 2.05 bits per heavy atom. The standard InChI is InChI=1S/C18H22N2O/c1-2-3-8-14-13-20(15-9-5-4-6-10-15)18-16(17(14)21)11-7-12-19-18/h4-7,9-13,17-19,21H,2-3,8H2,1H3. The number of aliphatic hydroxyl groups excluding tert-OH is 1. The molecule has 21 heavy (non-hydrogen) atoms. The van der Waals surface area contributed by atoms with Crippen LogP contribution in [0.3, 0.4) is 0 Å². The number of anilines is 1. The molecule has 2 atom stereocenters. The zero-order valence-electron chi connectivity index (χ0n) is 12.4. The van der Waals surface area contributed by atoms with E-state index in [2.05, 4.69) is 35.5 Å². The summed E-state index contributed by atoms with van der Waals surface area (Å²) in [5, 5.41) is 14.0. The van der Waals surface area contributed by atoms with Crippen molar-refractivity contribution in [3.63, 3.8) is 0 Å².